The molecular weight excluding hydrogens is 719 g/mol. The lowest BCUT2D eigenvalue weighted by molar-refractivity contribution is 0.669. The highest BCUT2D eigenvalue weighted by Crippen LogP contribution is 2.42. The smallest absolute Gasteiger partial charge is 0.143 e. The van der Waals surface area contributed by atoms with Crippen molar-refractivity contribution in [1.82, 2.24) is 0 Å². The van der Waals surface area contributed by atoms with Gasteiger partial charge < -0.3 is 13.7 Å². The van der Waals surface area contributed by atoms with Crippen molar-refractivity contribution in [2.45, 2.75) is 13.8 Å². The summed E-state index contributed by atoms with van der Waals surface area (Å²) in [7, 11) is 0. The standard InChI is InChI=1S/C56H39NO2/c1-36-10-7-11-41(32-36)43-34-37(2)33-42(35-43)38-20-26-44(27-21-38)57(45-28-22-39(23-29-45)47-14-8-16-51-49-12-3-5-18-53(49)58-55(47)51)46-30-24-40(25-31-46)48-15-9-17-52-50-13-4-6-19-54(50)59-56(48)52/h3-35H,1-2H3. The second-order valence-electron chi connectivity index (χ2n) is 15.5. The lowest BCUT2D eigenvalue weighted by atomic mass is 9.95. The number of furan rings is 2. The van der Waals surface area contributed by atoms with E-state index in [0.717, 1.165) is 83.2 Å². The van der Waals surface area contributed by atoms with E-state index in [0.29, 0.717) is 0 Å². The Kier molecular flexibility index (Phi) is 8.27. The van der Waals surface area contributed by atoms with E-state index in [1.165, 1.54) is 33.4 Å². The van der Waals surface area contributed by atoms with Crippen LogP contribution in [0.25, 0.3) is 88.4 Å². The number of nitrogens with zero attached hydrogens (tertiary/aromatic N) is 1. The van der Waals surface area contributed by atoms with Crippen LogP contribution in [-0.4, -0.2) is 0 Å². The molecule has 9 aromatic carbocycles. The molecular formula is C56H39NO2. The Bertz CT molecular complexity index is 3170. The van der Waals surface area contributed by atoms with E-state index < -0.39 is 0 Å². The topological polar surface area (TPSA) is 29.5 Å². The summed E-state index contributed by atoms with van der Waals surface area (Å²) in [6, 6.07) is 71.5. The molecule has 0 saturated heterocycles. The predicted molar refractivity (Wildman–Crippen MR) is 247 cm³/mol. The average molecular weight is 758 g/mol. The Morgan fingerprint density at radius 2 is 0.729 bits per heavy atom. The quantitative estimate of drug-likeness (QED) is 0.162. The molecule has 280 valence electrons. The lowest BCUT2D eigenvalue weighted by Gasteiger charge is -2.26. The minimum absolute atomic E-state index is 0.901. The number of aryl methyl sites for hydroxylation is 2. The van der Waals surface area contributed by atoms with Crippen LogP contribution in [0.2, 0.25) is 0 Å². The zero-order valence-electron chi connectivity index (χ0n) is 32.8. The van der Waals surface area contributed by atoms with E-state index in [1.54, 1.807) is 0 Å². The Hall–Kier alpha value is -7.62. The van der Waals surface area contributed by atoms with Crippen molar-refractivity contribution in [2.24, 2.45) is 0 Å². The molecule has 3 heteroatoms. The molecule has 0 radical (unpaired) electrons. The van der Waals surface area contributed by atoms with E-state index in [9.17, 15) is 0 Å². The number of hydrogen-bond donors (Lipinski definition) is 0. The molecule has 0 saturated carbocycles. The molecule has 2 heterocycles. The first-order valence-corrected chi connectivity index (χ1v) is 20.1. The Morgan fingerprint density at radius 1 is 0.305 bits per heavy atom. The molecule has 0 aliphatic carbocycles. The van der Waals surface area contributed by atoms with Crippen LogP contribution in [0.5, 0.6) is 0 Å². The number of fused-ring (bicyclic) bond motifs is 6. The van der Waals surface area contributed by atoms with Crippen LogP contribution in [0.1, 0.15) is 11.1 Å². The van der Waals surface area contributed by atoms with Crippen LogP contribution < -0.4 is 4.90 Å². The zero-order valence-corrected chi connectivity index (χ0v) is 32.8. The molecule has 0 amide bonds. The third-order valence-corrected chi connectivity index (χ3v) is 11.6. The number of hydrogen-bond acceptors (Lipinski definition) is 3. The van der Waals surface area contributed by atoms with Gasteiger partial charge in [0.15, 0.2) is 0 Å². The molecule has 3 nitrogen and oxygen atoms in total. The van der Waals surface area contributed by atoms with Crippen molar-refractivity contribution < 1.29 is 8.83 Å². The fourth-order valence-electron chi connectivity index (χ4n) is 8.72. The SMILES string of the molecule is Cc1cccc(-c2cc(C)cc(-c3ccc(N(c4ccc(-c5cccc6c5oc5ccccc56)cc4)c4ccc(-c5cccc6c5oc5ccccc56)cc4)cc3)c2)c1. The Labute approximate surface area is 343 Å². The molecule has 0 fully saturated rings. The lowest BCUT2D eigenvalue weighted by Crippen LogP contribution is -2.09. The maximum atomic E-state index is 6.42. The van der Waals surface area contributed by atoms with Crippen molar-refractivity contribution in [3.8, 4) is 44.5 Å². The number of benzene rings is 9. The first-order valence-electron chi connectivity index (χ1n) is 20.1. The molecule has 0 aliphatic heterocycles. The molecule has 0 spiro atoms. The Morgan fingerprint density at radius 3 is 1.24 bits per heavy atom. The summed E-state index contributed by atoms with van der Waals surface area (Å²) < 4.78 is 12.8. The number of rotatable bonds is 7. The normalized spacial score (nSPS) is 11.6. The predicted octanol–water partition coefficient (Wildman–Crippen LogP) is 16.2. The van der Waals surface area contributed by atoms with Gasteiger partial charge >= 0.3 is 0 Å². The van der Waals surface area contributed by atoms with E-state index >= 15 is 0 Å². The Balaban J connectivity index is 0.990. The zero-order chi connectivity index (χ0) is 39.5. The van der Waals surface area contributed by atoms with Crippen LogP contribution in [-0.2, 0) is 0 Å². The highest BCUT2D eigenvalue weighted by Gasteiger charge is 2.18. The highest BCUT2D eigenvalue weighted by atomic mass is 16.3. The summed E-state index contributed by atoms with van der Waals surface area (Å²) in [4.78, 5) is 2.33. The molecule has 0 N–H and O–H groups in total. The van der Waals surface area contributed by atoms with Crippen molar-refractivity contribution in [1.29, 1.82) is 0 Å². The van der Waals surface area contributed by atoms with Crippen LogP contribution >= 0.6 is 0 Å². The summed E-state index contributed by atoms with van der Waals surface area (Å²) in [6.07, 6.45) is 0. The van der Waals surface area contributed by atoms with Crippen LogP contribution in [0.3, 0.4) is 0 Å². The highest BCUT2D eigenvalue weighted by molar-refractivity contribution is 6.10. The van der Waals surface area contributed by atoms with Gasteiger partial charge in [-0.25, -0.2) is 0 Å². The summed E-state index contributed by atoms with van der Waals surface area (Å²) in [5.74, 6) is 0. The molecule has 0 atom stereocenters. The van der Waals surface area contributed by atoms with Crippen molar-refractivity contribution >= 4 is 60.9 Å². The van der Waals surface area contributed by atoms with Gasteiger partial charge in [0, 0.05) is 49.7 Å². The van der Waals surface area contributed by atoms with E-state index in [2.05, 4.69) is 195 Å². The maximum Gasteiger partial charge on any atom is 0.143 e. The molecule has 0 bridgehead atoms. The van der Waals surface area contributed by atoms with E-state index in [1.807, 2.05) is 24.3 Å². The molecule has 11 rings (SSSR count). The van der Waals surface area contributed by atoms with Gasteiger partial charge in [-0.15, -0.1) is 0 Å². The second kappa shape index (κ2) is 14.1. The van der Waals surface area contributed by atoms with Crippen LogP contribution in [0, 0.1) is 13.8 Å². The van der Waals surface area contributed by atoms with Gasteiger partial charge in [-0.2, -0.15) is 0 Å². The summed E-state index contributed by atoms with van der Waals surface area (Å²) in [5.41, 5.74) is 18.5. The first kappa shape index (κ1) is 34.6. The monoisotopic (exact) mass is 757 g/mol. The van der Waals surface area contributed by atoms with Gasteiger partial charge in [-0.05, 0) is 107 Å². The summed E-state index contributed by atoms with van der Waals surface area (Å²) in [6.45, 7) is 4.32. The third-order valence-electron chi connectivity index (χ3n) is 11.6. The second-order valence-corrected chi connectivity index (χ2v) is 15.5. The molecule has 59 heavy (non-hydrogen) atoms. The molecule has 0 aliphatic rings. The van der Waals surface area contributed by atoms with Crippen LogP contribution in [0.15, 0.2) is 209 Å². The maximum absolute atomic E-state index is 6.42. The fraction of sp³-hybridized carbons (Fsp3) is 0.0357. The van der Waals surface area contributed by atoms with Crippen molar-refractivity contribution in [3.63, 3.8) is 0 Å². The van der Waals surface area contributed by atoms with E-state index in [-0.39, 0.29) is 0 Å². The average Bonchev–Trinajstić information content (AvgIpc) is 3.86. The van der Waals surface area contributed by atoms with Gasteiger partial charge in [0.2, 0.25) is 0 Å². The third kappa shape index (κ3) is 6.16. The molecule has 2 aromatic heterocycles. The summed E-state index contributed by atoms with van der Waals surface area (Å²) in [5, 5.41) is 4.52. The molecule has 0 unspecified atom stereocenters. The van der Waals surface area contributed by atoms with Gasteiger partial charge in [0.05, 0.1) is 0 Å². The molecule has 11 aromatic rings. The van der Waals surface area contributed by atoms with Gasteiger partial charge in [-0.3, -0.25) is 0 Å². The van der Waals surface area contributed by atoms with Gasteiger partial charge in [0.1, 0.15) is 22.3 Å². The number of anilines is 3. The fourth-order valence-corrected chi connectivity index (χ4v) is 8.72. The first-order chi connectivity index (χ1) is 29.0. The minimum atomic E-state index is 0.901. The van der Waals surface area contributed by atoms with Crippen molar-refractivity contribution in [3.05, 3.63) is 211 Å². The van der Waals surface area contributed by atoms with E-state index in [4.69, 9.17) is 8.83 Å². The summed E-state index contributed by atoms with van der Waals surface area (Å²) >= 11 is 0. The van der Waals surface area contributed by atoms with Crippen LogP contribution in [0.4, 0.5) is 17.1 Å². The van der Waals surface area contributed by atoms with Gasteiger partial charge in [0.25, 0.3) is 0 Å². The van der Waals surface area contributed by atoms with Gasteiger partial charge in [-0.1, -0.05) is 151 Å². The number of para-hydroxylation sites is 4. The van der Waals surface area contributed by atoms with Crippen molar-refractivity contribution in [2.75, 3.05) is 4.90 Å². The largest absolute Gasteiger partial charge is 0.455 e. The minimum Gasteiger partial charge on any atom is -0.455 e.